The summed E-state index contributed by atoms with van der Waals surface area (Å²) in [5.41, 5.74) is -1.82. The number of hydrogen-bond acceptors (Lipinski definition) is 9. The number of hydrogen-bond donors (Lipinski definition) is 2. The van der Waals surface area contributed by atoms with E-state index in [-0.39, 0.29) is 52.1 Å². The molecule has 0 amide bonds. The van der Waals surface area contributed by atoms with Gasteiger partial charge in [0.2, 0.25) is 11.9 Å². The predicted octanol–water partition coefficient (Wildman–Crippen LogP) is -0.119. The molecular weight excluding hydrogens is 498 g/mol. The van der Waals surface area contributed by atoms with Gasteiger partial charge in [-0.2, -0.15) is 9.97 Å². The second kappa shape index (κ2) is 8.72. The first-order valence-electron chi connectivity index (χ1n) is 11.4. The van der Waals surface area contributed by atoms with Crippen LogP contribution in [-0.2, 0) is 32.9 Å². The number of imidazole rings is 2. The van der Waals surface area contributed by atoms with Crippen molar-refractivity contribution in [2.75, 3.05) is 11.5 Å². The standard InChI is InChI=1S/C23H23N9O6/c1-6-38-19(35)11-9-7-8-10-12(11)32(20-24-13-15(26-20)28(2)22(36)30(4)17(13)33)21-25-14-16(27-21)29(3)23(37)31(5)18(14)34/h7-10H,6H2,1-5H3,(H,24,26)(H,25,27). The lowest BCUT2D eigenvalue weighted by atomic mass is 10.1. The summed E-state index contributed by atoms with van der Waals surface area (Å²) in [6.45, 7) is 1.79. The van der Waals surface area contributed by atoms with E-state index in [0.29, 0.717) is 0 Å². The molecule has 15 nitrogen and oxygen atoms in total. The van der Waals surface area contributed by atoms with Crippen molar-refractivity contribution in [3.8, 4) is 0 Å². The van der Waals surface area contributed by atoms with E-state index in [1.54, 1.807) is 25.1 Å². The second-order valence-corrected chi connectivity index (χ2v) is 8.50. The zero-order valence-electron chi connectivity index (χ0n) is 21.1. The first-order chi connectivity index (χ1) is 18.1. The number of aromatic nitrogens is 8. The van der Waals surface area contributed by atoms with Crippen LogP contribution >= 0.6 is 0 Å². The molecule has 4 aromatic heterocycles. The lowest BCUT2D eigenvalue weighted by molar-refractivity contribution is 0.0527. The van der Waals surface area contributed by atoms with Gasteiger partial charge in [-0.05, 0) is 19.1 Å². The Balaban J connectivity index is 1.88. The first-order valence-corrected chi connectivity index (χ1v) is 11.4. The van der Waals surface area contributed by atoms with Crippen LogP contribution in [0.15, 0.2) is 43.4 Å². The normalized spacial score (nSPS) is 11.4. The number of ether oxygens (including phenoxy) is 1. The third-order valence-electron chi connectivity index (χ3n) is 6.23. The van der Waals surface area contributed by atoms with Gasteiger partial charge in [-0.1, -0.05) is 12.1 Å². The molecule has 0 atom stereocenters. The molecule has 5 aromatic rings. The summed E-state index contributed by atoms with van der Waals surface area (Å²) in [6.07, 6.45) is 0. The summed E-state index contributed by atoms with van der Waals surface area (Å²) in [5.74, 6) is -0.612. The molecule has 2 N–H and O–H groups in total. The van der Waals surface area contributed by atoms with Gasteiger partial charge in [-0.15, -0.1) is 0 Å². The van der Waals surface area contributed by atoms with Crippen molar-refractivity contribution >= 4 is 45.9 Å². The summed E-state index contributed by atoms with van der Waals surface area (Å²) in [7, 11) is 5.61. The smallest absolute Gasteiger partial charge is 0.340 e. The number of nitrogens with one attached hydrogen (secondary N) is 2. The van der Waals surface area contributed by atoms with E-state index in [1.165, 1.54) is 48.3 Å². The number of carbonyl (C=O) groups is 1. The van der Waals surface area contributed by atoms with Gasteiger partial charge in [0.1, 0.15) is 0 Å². The third kappa shape index (κ3) is 3.47. The van der Waals surface area contributed by atoms with Gasteiger partial charge in [0, 0.05) is 28.2 Å². The van der Waals surface area contributed by atoms with Crippen molar-refractivity contribution in [2.45, 2.75) is 6.92 Å². The maximum absolute atomic E-state index is 12.9. The molecule has 38 heavy (non-hydrogen) atoms. The SMILES string of the molecule is CCOC(=O)c1ccccc1N(c1nc2c([nH]1)c(=O)n(C)c(=O)n2C)c1nc2c([nH]1)c(=O)n(C)c(=O)n2C. The third-order valence-corrected chi connectivity index (χ3v) is 6.23. The summed E-state index contributed by atoms with van der Waals surface area (Å²) in [5, 5.41) is 0. The molecule has 0 saturated carbocycles. The van der Waals surface area contributed by atoms with Crippen LogP contribution < -0.4 is 27.4 Å². The molecule has 15 heteroatoms. The highest BCUT2D eigenvalue weighted by molar-refractivity contribution is 5.98. The number of para-hydroxylation sites is 1. The lowest BCUT2D eigenvalue weighted by Gasteiger charge is -2.21. The van der Waals surface area contributed by atoms with Crippen LogP contribution in [0.5, 0.6) is 0 Å². The maximum atomic E-state index is 12.9. The average molecular weight is 521 g/mol. The Hall–Kier alpha value is -5.21. The molecule has 0 aliphatic rings. The monoisotopic (exact) mass is 521 g/mol. The van der Waals surface area contributed by atoms with E-state index in [0.717, 1.165) is 9.13 Å². The summed E-state index contributed by atoms with van der Waals surface area (Å²) in [4.78, 5) is 79.8. The molecule has 0 spiro atoms. The maximum Gasteiger partial charge on any atom is 0.340 e. The summed E-state index contributed by atoms with van der Waals surface area (Å²) < 4.78 is 9.49. The van der Waals surface area contributed by atoms with Crippen molar-refractivity contribution in [1.82, 2.24) is 38.2 Å². The Bertz CT molecular complexity index is 1890. The van der Waals surface area contributed by atoms with Gasteiger partial charge >= 0.3 is 17.3 Å². The zero-order chi connectivity index (χ0) is 27.5. The van der Waals surface area contributed by atoms with Gasteiger partial charge < -0.3 is 14.7 Å². The highest BCUT2D eigenvalue weighted by Gasteiger charge is 2.27. The number of anilines is 3. The van der Waals surface area contributed by atoms with Crippen LogP contribution in [-0.4, -0.2) is 50.8 Å². The number of aryl methyl sites for hydroxylation is 2. The second-order valence-electron chi connectivity index (χ2n) is 8.50. The number of benzene rings is 1. The Morgan fingerprint density at radius 1 is 0.816 bits per heavy atom. The van der Waals surface area contributed by atoms with Gasteiger partial charge in [0.15, 0.2) is 22.3 Å². The highest BCUT2D eigenvalue weighted by Crippen LogP contribution is 2.34. The Labute approximate surface area is 212 Å². The topological polar surface area (TPSA) is 175 Å². The minimum Gasteiger partial charge on any atom is -0.462 e. The number of rotatable bonds is 5. The van der Waals surface area contributed by atoms with Gasteiger partial charge in [0.05, 0.1) is 17.9 Å². The average Bonchev–Trinajstić information content (AvgIpc) is 3.55. The zero-order valence-corrected chi connectivity index (χ0v) is 21.1. The van der Waals surface area contributed by atoms with Crippen LogP contribution in [0.2, 0.25) is 0 Å². The number of fused-ring (bicyclic) bond motifs is 2. The molecule has 0 fully saturated rings. The molecule has 0 saturated heterocycles. The van der Waals surface area contributed by atoms with Gasteiger partial charge in [0.25, 0.3) is 11.1 Å². The van der Waals surface area contributed by atoms with E-state index >= 15 is 0 Å². The summed E-state index contributed by atoms with van der Waals surface area (Å²) in [6, 6.07) is 6.44. The fraction of sp³-hybridized carbons (Fsp3) is 0.261. The van der Waals surface area contributed by atoms with Crippen molar-refractivity contribution in [3.63, 3.8) is 0 Å². The molecular formula is C23H23N9O6. The largest absolute Gasteiger partial charge is 0.462 e. The molecule has 1 aromatic carbocycles. The molecule has 0 bridgehead atoms. The highest BCUT2D eigenvalue weighted by atomic mass is 16.5. The predicted molar refractivity (Wildman–Crippen MR) is 137 cm³/mol. The fourth-order valence-corrected chi connectivity index (χ4v) is 4.22. The Morgan fingerprint density at radius 2 is 1.29 bits per heavy atom. The van der Waals surface area contributed by atoms with E-state index < -0.39 is 28.5 Å². The van der Waals surface area contributed by atoms with E-state index in [1.807, 2.05) is 0 Å². The fourth-order valence-electron chi connectivity index (χ4n) is 4.22. The molecule has 5 rings (SSSR count). The Kier molecular flexibility index (Phi) is 5.62. The van der Waals surface area contributed by atoms with Crippen LogP contribution in [0.25, 0.3) is 22.3 Å². The van der Waals surface area contributed by atoms with Crippen LogP contribution in [0.1, 0.15) is 17.3 Å². The minimum absolute atomic E-state index is 0.0101. The van der Waals surface area contributed by atoms with Crippen molar-refractivity contribution in [3.05, 3.63) is 71.5 Å². The molecule has 0 radical (unpaired) electrons. The van der Waals surface area contributed by atoms with Crippen LogP contribution in [0.3, 0.4) is 0 Å². The van der Waals surface area contributed by atoms with Gasteiger partial charge in [-0.3, -0.25) is 27.9 Å². The van der Waals surface area contributed by atoms with Crippen LogP contribution in [0, 0.1) is 0 Å². The van der Waals surface area contributed by atoms with Gasteiger partial charge in [-0.25, -0.2) is 19.3 Å². The molecule has 0 aliphatic heterocycles. The number of aromatic amines is 2. The number of H-pyrrole nitrogens is 2. The van der Waals surface area contributed by atoms with E-state index in [4.69, 9.17) is 4.74 Å². The minimum atomic E-state index is -0.632. The number of carbonyl (C=O) groups excluding carboxylic acids is 1. The first kappa shape index (κ1) is 24.5. The van der Waals surface area contributed by atoms with E-state index in [2.05, 4.69) is 19.9 Å². The Morgan fingerprint density at radius 3 is 1.76 bits per heavy atom. The van der Waals surface area contributed by atoms with Crippen molar-refractivity contribution < 1.29 is 9.53 Å². The van der Waals surface area contributed by atoms with Crippen LogP contribution in [0.4, 0.5) is 17.6 Å². The quantitative estimate of drug-likeness (QED) is 0.299. The molecule has 4 heterocycles. The summed E-state index contributed by atoms with van der Waals surface area (Å²) >= 11 is 0. The van der Waals surface area contributed by atoms with Crippen molar-refractivity contribution in [2.24, 2.45) is 28.2 Å². The lowest BCUT2D eigenvalue weighted by Crippen LogP contribution is -2.36. The molecule has 196 valence electrons. The molecule has 0 unspecified atom stereocenters. The number of nitrogens with zero attached hydrogens (tertiary/aromatic N) is 7. The number of esters is 1. The van der Waals surface area contributed by atoms with Crippen molar-refractivity contribution in [1.29, 1.82) is 0 Å². The molecule has 0 aliphatic carbocycles. The van der Waals surface area contributed by atoms with E-state index in [9.17, 15) is 24.0 Å².